The van der Waals surface area contributed by atoms with Crippen LogP contribution in [0.1, 0.15) is 31.4 Å². The molecule has 298 valence electrons. The predicted molar refractivity (Wildman–Crippen MR) is 221 cm³/mol. The molecule has 0 saturated heterocycles. The van der Waals surface area contributed by atoms with Crippen molar-refractivity contribution < 1.29 is 29.0 Å². The molecule has 0 spiro atoms. The maximum Gasteiger partial charge on any atom is 0.408 e. The van der Waals surface area contributed by atoms with Crippen LogP contribution in [0, 0.1) is 0 Å². The lowest BCUT2D eigenvalue weighted by atomic mass is 9.96. The number of methoxy groups -OCH3 is 1. The van der Waals surface area contributed by atoms with Crippen molar-refractivity contribution in [3.05, 3.63) is 109 Å². The molecule has 0 aliphatic heterocycles. The summed E-state index contributed by atoms with van der Waals surface area (Å²) in [4.78, 5) is 70.1. The number of fused-ring (bicyclic) bond motifs is 2. The van der Waals surface area contributed by atoms with Gasteiger partial charge in [0.25, 0.3) is 0 Å². The summed E-state index contributed by atoms with van der Waals surface area (Å²) in [6.07, 6.45) is 8.74. The number of carbonyl (C=O) groups excluding carboxylic acids is 3. The highest BCUT2D eigenvalue weighted by molar-refractivity contribution is 6.02. The molecular weight excluding hydrogens is 741 g/mol. The van der Waals surface area contributed by atoms with E-state index < -0.39 is 24.1 Å². The quantitative estimate of drug-likeness (QED) is 0.0675. The third kappa shape index (κ3) is 9.59. The van der Waals surface area contributed by atoms with Crippen LogP contribution in [0.15, 0.2) is 97.8 Å². The van der Waals surface area contributed by atoms with E-state index in [0.717, 1.165) is 43.5 Å². The molecule has 1 unspecified atom stereocenters. The molecular formula is C42H44N10O6. The fourth-order valence-corrected chi connectivity index (χ4v) is 6.69. The van der Waals surface area contributed by atoms with Gasteiger partial charge in [0.15, 0.2) is 0 Å². The van der Waals surface area contributed by atoms with Crippen molar-refractivity contribution >= 4 is 57.2 Å². The zero-order valence-corrected chi connectivity index (χ0v) is 32.3. The van der Waals surface area contributed by atoms with E-state index in [4.69, 9.17) is 4.74 Å². The first kappa shape index (κ1) is 40.5. The monoisotopic (exact) mass is 784 g/mol. The zero-order chi connectivity index (χ0) is 41.0. The Bertz CT molecular complexity index is 2420. The van der Waals surface area contributed by atoms with Crippen LogP contribution in [-0.4, -0.2) is 86.9 Å². The van der Waals surface area contributed by atoms with Crippen LogP contribution in [0.25, 0.3) is 43.8 Å². The molecule has 6 aromatic rings. The van der Waals surface area contributed by atoms with Gasteiger partial charge in [0, 0.05) is 87.7 Å². The minimum Gasteiger partial charge on any atom is -0.465 e. The summed E-state index contributed by atoms with van der Waals surface area (Å²) >= 11 is 0. The molecule has 0 radical (unpaired) electrons. The molecule has 0 aliphatic carbocycles. The first-order valence-electron chi connectivity index (χ1n) is 18.7. The van der Waals surface area contributed by atoms with E-state index >= 15 is 0 Å². The third-order valence-corrected chi connectivity index (χ3v) is 9.44. The van der Waals surface area contributed by atoms with Crippen molar-refractivity contribution in [2.24, 2.45) is 0 Å². The molecule has 4 aromatic heterocycles. The molecule has 0 fully saturated rings. The number of amides is 6. The Balaban J connectivity index is 1.31. The highest BCUT2D eigenvalue weighted by Gasteiger charge is 2.30. The second-order valence-electron chi connectivity index (χ2n) is 13.1. The van der Waals surface area contributed by atoms with Gasteiger partial charge in [-0.05, 0) is 94.4 Å². The average molecular weight is 785 g/mol. The Morgan fingerprint density at radius 3 is 1.67 bits per heavy atom. The summed E-state index contributed by atoms with van der Waals surface area (Å²) in [5.41, 5.74) is 4.78. The number of hydrogen-bond donors (Lipinski definition) is 6. The second-order valence-corrected chi connectivity index (χ2v) is 13.1. The fourth-order valence-electron chi connectivity index (χ4n) is 6.69. The Morgan fingerprint density at radius 1 is 0.690 bits per heavy atom. The Labute approximate surface area is 334 Å². The SMILES string of the molecule is CCNC(=O)Nc1cc2c(-c3ccncc3)ccc(CNC(=O)C(CCOC)N(Cc3ccc(-c4ccncc4)c4cc(NC(=O)NCC)ncc34)C(=O)O)c2cn1. The number of ether oxygens (including phenoxy) is 1. The maximum absolute atomic E-state index is 14.1. The van der Waals surface area contributed by atoms with Gasteiger partial charge >= 0.3 is 18.2 Å². The molecule has 6 rings (SSSR count). The van der Waals surface area contributed by atoms with Crippen LogP contribution in [0.3, 0.4) is 0 Å². The van der Waals surface area contributed by atoms with Crippen molar-refractivity contribution in [2.45, 2.75) is 39.4 Å². The van der Waals surface area contributed by atoms with E-state index in [0.29, 0.717) is 41.1 Å². The largest absolute Gasteiger partial charge is 0.465 e. The summed E-state index contributed by atoms with van der Waals surface area (Å²) in [6.45, 7) is 4.53. The number of nitrogens with one attached hydrogen (secondary N) is 5. The van der Waals surface area contributed by atoms with Gasteiger partial charge in [0.1, 0.15) is 17.7 Å². The van der Waals surface area contributed by atoms with Crippen LogP contribution in [0.4, 0.5) is 26.0 Å². The summed E-state index contributed by atoms with van der Waals surface area (Å²) in [6, 6.07) is 16.5. The summed E-state index contributed by atoms with van der Waals surface area (Å²) < 4.78 is 5.33. The molecule has 0 aliphatic rings. The minimum atomic E-state index is -1.30. The standard InChI is InChI=1S/C42H44N10O6/c1-4-45-40(54)50-37-20-32-30(26-10-15-43-16-11-26)8-6-28(34(32)23-47-37)22-49-39(53)36(14-19-58-3)52(42(56)57)25-29-7-9-31(27-12-17-44-18-13-27)33-21-38(48-24-35(29)33)51-41(55)46-5-2/h6-13,15-18,20-21,23-24,36H,4-5,14,19,22,25H2,1-3H3,(H,49,53)(H,56,57)(H2,45,47,50,54)(H2,46,48,51,55). The summed E-state index contributed by atoms with van der Waals surface area (Å²) in [7, 11) is 1.49. The number of hydrogen-bond acceptors (Lipinski definition) is 9. The van der Waals surface area contributed by atoms with Gasteiger partial charge < -0.3 is 25.8 Å². The fraction of sp³-hybridized carbons (Fsp3) is 0.238. The van der Waals surface area contributed by atoms with E-state index in [1.807, 2.05) is 62.4 Å². The van der Waals surface area contributed by atoms with Crippen LogP contribution in [0.5, 0.6) is 0 Å². The number of nitrogens with zero attached hydrogens (tertiary/aromatic N) is 5. The molecule has 0 saturated carbocycles. The lowest BCUT2D eigenvalue weighted by Gasteiger charge is -2.29. The maximum atomic E-state index is 14.1. The van der Waals surface area contributed by atoms with Crippen LogP contribution < -0.4 is 26.6 Å². The van der Waals surface area contributed by atoms with Gasteiger partial charge in [-0.2, -0.15) is 0 Å². The number of benzene rings is 2. The molecule has 1 atom stereocenters. The molecule has 16 nitrogen and oxygen atoms in total. The van der Waals surface area contributed by atoms with Crippen molar-refractivity contribution in [1.29, 1.82) is 0 Å². The summed E-state index contributed by atoms with van der Waals surface area (Å²) in [5, 5.41) is 27.3. The van der Waals surface area contributed by atoms with Gasteiger partial charge in [-0.3, -0.25) is 30.3 Å². The number of rotatable bonds is 15. The van der Waals surface area contributed by atoms with Gasteiger partial charge in [0.2, 0.25) is 5.91 Å². The molecule has 2 aromatic carbocycles. The van der Waals surface area contributed by atoms with Crippen molar-refractivity contribution in [1.82, 2.24) is 40.8 Å². The first-order chi connectivity index (χ1) is 28.2. The zero-order valence-electron chi connectivity index (χ0n) is 32.3. The number of anilines is 2. The van der Waals surface area contributed by atoms with E-state index in [9.17, 15) is 24.3 Å². The van der Waals surface area contributed by atoms with Gasteiger partial charge in [-0.1, -0.05) is 24.3 Å². The lowest BCUT2D eigenvalue weighted by Crippen LogP contribution is -2.49. The van der Waals surface area contributed by atoms with Gasteiger partial charge in [-0.25, -0.2) is 24.4 Å². The molecule has 58 heavy (non-hydrogen) atoms. The molecule has 6 amide bonds. The predicted octanol–water partition coefficient (Wildman–Crippen LogP) is 6.39. The van der Waals surface area contributed by atoms with E-state index in [1.54, 1.807) is 49.3 Å². The number of pyridine rings is 4. The number of carboxylic acid groups (broad SMARTS) is 1. The normalized spacial score (nSPS) is 11.4. The first-order valence-corrected chi connectivity index (χ1v) is 18.7. The number of aromatic nitrogens is 4. The molecule has 16 heteroatoms. The number of urea groups is 2. The molecule has 4 heterocycles. The van der Waals surface area contributed by atoms with Crippen molar-refractivity contribution in [2.75, 3.05) is 37.4 Å². The summed E-state index contributed by atoms with van der Waals surface area (Å²) in [5.74, 6) is 0.139. The van der Waals surface area contributed by atoms with Gasteiger partial charge in [0.05, 0.1) is 6.54 Å². The van der Waals surface area contributed by atoms with E-state index in [1.165, 1.54) is 7.11 Å². The minimum absolute atomic E-state index is 0.0581. The second kappa shape index (κ2) is 19.1. The van der Waals surface area contributed by atoms with Crippen LogP contribution in [-0.2, 0) is 22.6 Å². The number of carbonyl (C=O) groups is 4. The molecule has 6 N–H and O–H groups in total. The highest BCUT2D eigenvalue weighted by atomic mass is 16.5. The topological polar surface area (TPSA) is 213 Å². The Morgan fingerprint density at radius 2 is 1.19 bits per heavy atom. The third-order valence-electron chi connectivity index (χ3n) is 9.44. The smallest absolute Gasteiger partial charge is 0.408 e. The van der Waals surface area contributed by atoms with E-state index in [2.05, 4.69) is 46.5 Å². The molecule has 0 bridgehead atoms. The Hall–Kier alpha value is -7.20. The van der Waals surface area contributed by atoms with Gasteiger partial charge in [-0.15, -0.1) is 0 Å². The van der Waals surface area contributed by atoms with Crippen LogP contribution in [0.2, 0.25) is 0 Å². The van der Waals surface area contributed by atoms with E-state index in [-0.39, 0.29) is 32.1 Å². The Kier molecular flexibility index (Phi) is 13.3. The highest BCUT2D eigenvalue weighted by Crippen LogP contribution is 2.34. The van der Waals surface area contributed by atoms with Crippen molar-refractivity contribution in [3.8, 4) is 22.3 Å². The van der Waals surface area contributed by atoms with Crippen LogP contribution >= 0.6 is 0 Å². The average Bonchev–Trinajstić information content (AvgIpc) is 3.23. The lowest BCUT2D eigenvalue weighted by molar-refractivity contribution is -0.126. The van der Waals surface area contributed by atoms with Crippen molar-refractivity contribution in [3.63, 3.8) is 0 Å².